The molecule has 0 fully saturated rings. The van der Waals surface area contributed by atoms with E-state index >= 15 is 0 Å². The Kier molecular flexibility index (Phi) is 4.94. The number of nitrogens with zero attached hydrogens (tertiary/aromatic N) is 1. The second-order valence-electron chi connectivity index (χ2n) is 7.15. The first-order valence-corrected chi connectivity index (χ1v) is 9.44. The Labute approximate surface area is 164 Å². The molecule has 0 saturated heterocycles. The lowest BCUT2D eigenvalue weighted by Crippen LogP contribution is -2.36. The lowest BCUT2D eigenvalue weighted by atomic mass is 9.98. The highest BCUT2D eigenvalue weighted by atomic mass is 16.2. The Hall–Kier alpha value is -3.40. The minimum Gasteiger partial charge on any atom is -0.334 e. The number of carbonyl (C=O) groups is 2. The van der Waals surface area contributed by atoms with Crippen LogP contribution in [0.25, 0.3) is 0 Å². The lowest BCUT2D eigenvalue weighted by Gasteiger charge is -2.29. The van der Waals surface area contributed by atoms with Gasteiger partial charge >= 0.3 is 0 Å². The average molecular weight is 370 g/mol. The fourth-order valence-electron chi connectivity index (χ4n) is 3.48. The van der Waals surface area contributed by atoms with E-state index in [4.69, 9.17) is 0 Å². The summed E-state index contributed by atoms with van der Waals surface area (Å²) in [4.78, 5) is 27.1. The number of aryl methyl sites for hydroxylation is 1. The Morgan fingerprint density at radius 1 is 0.857 bits per heavy atom. The molecule has 1 aliphatic rings. The van der Waals surface area contributed by atoms with E-state index in [1.54, 1.807) is 0 Å². The van der Waals surface area contributed by atoms with Crippen molar-refractivity contribution in [1.29, 1.82) is 0 Å². The molecular weight excluding hydrogens is 348 g/mol. The van der Waals surface area contributed by atoms with Crippen molar-refractivity contribution in [3.05, 3.63) is 101 Å². The molecule has 0 unspecified atom stereocenters. The third-order valence-corrected chi connectivity index (χ3v) is 5.10. The van der Waals surface area contributed by atoms with E-state index in [0.717, 1.165) is 23.2 Å². The van der Waals surface area contributed by atoms with Gasteiger partial charge in [0.2, 0.25) is 0 Å². The van der Waals surface area contributed by atoms with Crippen LogP contribution in [0.15, 0.2) is 72.8 Å². The Balaban J connectivity index is 1.50. The highest BCUT2D eigenvalue weighted by Gasteiger charge is 2.22. The Morgan fingerprint density at radius 3 is 2.36 bits per heavy atom. The first kappa shape index (κ1) is 18.0. The summed E-state index contributed by atoms with van der Waals surface area (Å²) in [6.07, 6.45) is 0.820. The number of hydrogen-bond acceptors (Lipinski definition) is 2. The highest BCUT2D eigenvalue weighted by molar-refractivity contribution is 6.04. The van der Waals surface area contributed by atoms with Crippen LogP contribution in [0.4, 0.5) is 5.69 Å². The minimum absolute atomic E-state index is 0.0420. The molecule has 1 N–H and O–H groups in total. The van der Waals surface area contributed by atoms with Crippen LogP contribution in [0, 0.1) is 6.92 Å². The van der Waals surface area contributed by atoms with Crippen molar-refractivity contribution in [2.75, 3.05) is 11.9 Å². The molecule has 1 aliphatic heterocycles. The first-order valence-electron chi connectivity index (χ1n) is 9.44. The molecule has 0 aromatic heterocycles. The maximum atomic E-state index is 12.7. The molecule has 3 aromatic rings. The number of rotatable bonds is 3. The number of nitrogens with one attached hydrogen (secondary N) is 1. The van der Waals surface area contributed by atoms with Crippen LogP contribution in [-0.2, 0) is 13.0 Å². The van der Waals surface area contributed by atoms with E-state index < -0.39 is 0 Å². The topological polar surface area (TPSA) is 49.4 Å². The van der Waals surface area contributed by atoms with Gasteiger partial charge in [0.1, 0.15) is 0 Å². The van der Waals surface area contributed by atoms with Gasteiger partial charge in [-0.2, -0.15) is 0 Å². The number of hydrogen-bond donors (Lipinski definition) is 1. The molecule has 4 nitrogen and oxygen atoms in total. The molecule has 0 aliphatic carbocycles. The molecule has 1 heterocycles. The molecule has 4 heteroatoms. The zero-order chi connectivity index (χ0) is 19.5. The molecule has 0 spiro atoms. The third-order valence-electron chi connectivity index (χ3n) is 5.10. The van der Waals surface area contributed by atoms with Gasteiger partial charge in [-0.1, -0.05) is 42.0 Å². The van der Waals surface area contributed by atoms with Crippen LogP contribution in [0.5, 0.6) is 0 Å². The average Bonchev–Trinajstić information content (AvgIpc) is 2.73. The molecule has 3 aromatic carbocycles. The summed E-state index contributed by atoms with van der Waals surface area (Å²) in [5.74, 6) is -0.0895. The fourth-order valence-corrected chi connectivity index (χ4v) is 3.48. The summed E-state index contributed by atoms with van der Waals surface area (Å²) in [5, 5.41) is 2.96. The van der Waals surface area contributed by atoms with Crippen molar-refractivity contribution < 1.29 is 9.59 Å². The zero-order valence-corrected chi connectivity index (χ0v) is 15.8. The molecule has 2 amide bonds. The smallest absolute Gasteiger partial charge is 0.255 e. The summed E-state index contributed by atoms with van der Waals surface area (Å²) in [7, 11) is 0. The van der Waals surface area contributed by atoms with E-state index in [-0.39, 0.29) is 11.8 Å². The normalized spacial score (nSPS) is 13.0. The van der Waals surface area contributed by atoms with Gasteiger partial charge < -0.3 is 10.2 Å². The molecule has 0 radical (unpaired) electrons. The van der Waals surface area contributed by atoms with E-state index in [9.17, 15) is 9.59 Å². The summed E-state index contributed by atoms with van der Waals surface area (Å²) in [6, 6.07) is 22.8. The maximum absolute atomic E-state index is 12.7. The van der Waals surface area contributed by atoms with E-state index in [2.05, 4.69) is 5.32 Å². The van der Waals surface area contributed by atoms with Crippen molar-refractivity contribution in [3.63, 3.8) is 0 Å². The van der Waals surface area contributed by atoms with E-state index in [0.29, 0.717) is 24.2 Å². The van der Waals surface area contributed by atoms with Crippen LogP contribution < -0.4 is 5.32 Å². The van der Waals surface area contributed by atoms with Crippen LogP contribution >= 0.6 is 0 Å². The quantitative estimate of drug-likeness (QED) is 0.741. The summed E-state index contributed by atoms with van der Waals surface area (Å²) < 4.78 is 0. The highest BCUT2D eigenvalue weighted by Crippen LogP contribution is 2.24. The fraction of sp³-hybridized carbons (Fsp3) is 0.167. The number of anilines is 1. The SMILES string of the molecule is Cc1ccc(C(=O)Nc2ccc3c(c2)CN(C(=O)c2ccccc2)CC3)cc1. The monoisotopic (exact) mass is 370 g/mol. The number of carbonyl (C=O) groups excluding carboxylic acids is 2. The third kappa shape index (κ3) is 3.81. The largest absolute Gasteiger partial charge is 0.334 e. The van der Waals surface area contributed by atoms with Crippen LogP contribution in [0.1, 0.15) is 37.4 Å². The van der Waals surface area contributed by atoms with Crippen molar-refractivity contribution >= 4 is 17.5 Å². The minimum atomic E-state index is -0.132. The van der Waals surface area contributed by atoms with Gasteiger partial charge in [0, 0.05) is 29.9 Å². The van der Waals surface area contributed by atoms with Crippen LogP contribution in [0.2, 0.25) is 0 Å². The van der Waals surface area contributed by atoms with Gasteiger partial charge in [-0.3, -0.25) is 9.59 Å². The molecule has 28 heavy (non-hydrogen) atoms. The zero-order valence-electron chi connectivity index (χ0n) is 15.8. The number of amides is 2. The van der Waals surface area contributed by atoms with Gasteiger partial charge in [0.25, 0.3) is 11.8 Å². The first-order chi connectivity index (χ1) is 13.6. The summed E-state index contributed by atoms with van der Waals surface area (Å²) in [6.45, 7) is 3.25. The molecule has 0 atom stereocenters. The second kappa shape index (κ2) is 7.69. The Bertz CT molecular complexity index is 1010. The van der Waals surface area contributed by atoms with E-state index in [1.165, 1.54) is 5.56 Å². The second-order valence-corrected chi connectivity index (χ2v) is 7.15. The van der Waals surface area contributed by atoms with Gasteiger partial charge in [-0.15, -0.1) is 0 Å². The van der Waals surface area contributed by atoms with Gasteiger partial charge in [0.15, 0.2) is 0 Å². The van der Waals surface area contributed by atoms with Gasteiger partial charge in [0.05, 0.1) is 0 Å². The van der Waals surface area contributed by atoms with Crippen molar-refractivity contribution in [3.8, 4) is 0 Å². The standard InChI is InChI=1S/C24H22N2O2/c1-17-7-9-19(10-8-17)23(27)25-22-12-11-18-13-14-26(16-21(18)15-22)24(28)20-5-3-2-4-6-20/h2-12,15H,13-14,16H2,1H3,(H,25,27). The van der Waals surface area contributed by atoms with Gasteiger partial charge in [-0.25, -0.2) is 0 Å². The lowest BCUT2D eigenvalue weighted by molar-refractivity contribution is 0.0734. The predicted octanol–water partition coefficient (Wildman–Crippen LogP) is 4.45. The van der Waals surface area contributed by atoms with Crippen molar-refractivity contribution in [2.45, 2.75) is 19.9 Å². The molecular formula is C24H22N2O2. The molecule has 0 bridgehead atoms. The van der Waals surface area contributed by atoms with Gasteiger partial charge in [-0.05, 0) is 60.9 Å². The Morgan fingerprint density at radius 2 is 1.61 bits per heavy atom. The molecule has 0 saturated carbocycles. The predicted molar refractivity (Wildman–Crippen MR) is 110 cm³/mol. The molecule has 4 rings (SSSR count). The van der Waals surface area contributed by atoms with Crippen molar-refractivity contribution in [2.24, 2.45) is 0 Å². The molecule has 140 valence electrons. The van der Waals surface area contributed by atoms with Crippen LogP contribution in [-0.4, -0.2) is 23.3 Å². The number of benzene rings is 3. The number of fused-ring (bicyclic) bond motifs is 1. The maximum Gasteiger partial charge on any atom is 0.255 e. The van der Waals surface area contributed by atoms with Crippen molar-refractivity contribution in [1.82, 2.24) is 4.90 Å². The van der Waals surface area contributed by atoms with E-state index in [1.807, 2.05) is 84.6 Å². The van der Waals surface area contributed by atoms with Crippen LogP contribution in [0.3, 0.4) is 0 Å². The summed E-state index contributed by atoms with van der Waals surface area (Å²) >= 11 is 0. The summed E-state index contributed by atoms with van der Waals surface area (Å²) in [5.41, 5.74) is 5.51.